The zero-order valence-corrected chi connectivity index (χ0v) is 16.8. The standard InChI is InChI=1S/C22H28N4O3/c1-28-21-20(23-7-8-24-21)26-14-18(27)22(15-26)17(13-25-9-11-29-12-10-25)19(22)16-5-3-2-4-6-16/h2-8,17-19,27H,9-15H2,1H3/t17-,18+,19-,22-/m1/s1. The number of hydrogen-bond acceptors (Lipinski definition) is 7. The second kappa shape index (κ2) is 7.55. The summed E-state index contributed by atoms with van der Waals surface area (Å²) >= 11 is 0. The number of methoxy groups -OCH3 is 1. The summed E-state index contributed by atoms with van der Waals surface area (Å²) in [5.41, 5.74) is 1.15. The molecule has 1 spiro atoms. The molecule has 3 fully saturated rings. The lowest BCUT2D eigenvalue weighted by Gasteiger charge is -2.27. The van der Waals surface area contributed by atoms with Gasteiger partial charge in [0, 0.05) is 50.5 Å². The summed E-state index contributed by atoms with van der Waals surface area (Å²) in [6.07, 6.45) is 2.91. The minimum Gasteiger partial charge on any atom is -0.478 e. The van der Waals surface area contributed by atoms with Crippen molar-refractivity contribution < 1.29 is 14.6 Å². The molecule has 3 heterocycles. The van der Waals surface area contributed by atoms with Gasteiger partial charge in [-0.2, -0.15) is 0 Å². The third kappa shape index (κ3) is 3.17. The number of aromatic nitrogens is 2. The second-order valence-corrected chi connectivity index (χ2v) is 8.31. The molecule has 2 saturated heterocycles. The molecule has 2 aromatic rings. The van der Waals surface area contributed by atoms with Gasteiger partial charge in [-0.05, 0) is 17.4 Å². The molecular formula is C22H28N4O3. The molecule has 5 rings (SSSR count). The maximum atomic E-state index is 11.3. The van der Waals surface area contributed by atoms with Crippen molar-refractivity contribution in [1.82, 2.24) is 14.9 Å². The fourth-order valence-electron chi connectivity index (χ4n) is 5.47. The van der Waals surface area contributed by atoms with Crippen molar-refractivity contribution >= 4 is 5.82 Å². The van der Waals surface area contributed by atoms with Crippen LogP contribution in [0.4, 0.5) is 5.82 Å². The zero-order valence-electron chi connectivity index (χ0n) is 16.8. The van der Waals surface area contributed by atoms with Crippen molar-refractivity contribution in [2.45, 2.75) is 12.0 Å². The lowest BCUT2D eigenvalue weighted by molar-refractivity contribution is 0.0311. The Balaban J connectivity index is 1.44. The maximum absolute atomic E-state index is 11.3. The van der Waals surface area contributed by atoms with Gasteiger partial charge >= 0.3 is 0 Å². The molecule has 1 aliphatic carbocycles. The number of aliphatic hydroxyl groups excluding tert-OH is 1. The molecular weight excluding hydrogens is 368 g/mol. The number of morpholine rings is 1. The molecule has 4 atom stereocenters. The predicted octanol–water partition coefficient (Wildman–Crippen LogP) is 1.40. The van der Waals surface area contributed by atoms with Gasteiger partial charge in [0.2, 0.25) is 0 Å². The van der Waals surface area contributed by atoms with E-state index < -0.39 is 6.10 Å². The van der Waals surface area contributed by atoms with E-state index in [0.717, 1.165) is 45.2 Å². The van der Waals surface area contributed by atoms with Crippen LogP contribution in [0.3, 0.4) is 0 Å². The van der Waals surface area contributed by atoms with Crippen LogP contribution in [0.5, 0.6) is 5.88 Å². The molecule has 1 N–H and O–H groups in total. The van der Waals surface area contributed by atoms with E-state index in [-0.39, 0.29) is 5.41 Å². The van der Waals surface area contributed by atoms with Crippen LogP contribution >= 0.6 is 0 Å². The Hall–Kier alpha value is -2.22. The number of hydrogen-bond donors (Lipinski definition) is 1. The first-order valence-electron chi connectivity index (χ1n) is 10.4. The van der Waals surface area contributed by atoms with E-state index in [0.29, 0.717) is 24.3 Å². The van der Waals surface area contributed by atoms with Gasteiger partial charge < -0.3 is 19.5 Å². The van der Waals surface area contributed by atoms with E-state index in [9.17, 15) is 5.11 Å². The first-order valence-corrected chi connectivity index (χ1v) is 10.4. The van der Waals surface area contributed by atoms with Crippen LogP contribution in [0, 0.1) is 11.3 Å². The number of β-amino-alcohol motifs (C(OH)–C–C–N with tert-alkyl or cyclic N) is 1. The van der Waals surface area contributed by atoms with E-state index >= 15 is 0 Å². The summed E-state index contributed by atoms with van der Waals surface area (Å²) in [4.78, 5) is 13.4. The van der Waals surface area contributed by atoms with Gasteiger partial charge in [0.1, 0.15) is 0 Å². The van der Waals surface area contributed by atoms with Crippen LogP contribution < -0.4 is 9.64 Å². The molecule has 0 unspecified atom stereocenters. The van der Waals surface area contributed by atoms with Crippen molar-refractivity contribution in [2.75, 3.05) is 57.9 Å². The summed E-state index contributed by atoms with van der Waals surface area (Å²) in [6.45, 7) is 5.82. The molecule has 3 aliphatic rings. The van der Waals surface area contributed by atoms with Gasteiger partial charge in [-0.3, -0.25) is 4.90 Å². The third-order valence-electron chi connectivity index (χ3n) is 6.90. The van der Waals surface area contributed by atoms with Crippen molar-refractivity contribution in [3.63, 3.8) is 0 Å². The summed E-state index contributed by atoms with van der Waals surface area (Å²) < 4.78 is 10.9. The van der Waals surface area contributed by atoms with Crippen LogP contribution in [0.1, 0.15) is 11.5 Å². The molecule has 0 bridgehead atoms. The molecule has 29 heavy (non-hydrogen) atoms. The average Bonchev–Trinajstić information content (AvgIpc) is 3.27. The summed E-state index contributed by atoms with van der Waals surface area (Å²) in [5, 5.41) is 11.3. The highest BCUT2D eigenvalue weighted by Crippen LogP contribution is 2.69. The number of ether oxygens (including phenoxy) is 2. The molecule has 1 aromatic heterocycles. The molecule has 0 amide bonds. The van der Waals surface area contributed by atoms with Crippen molar-refractivity contribution in [3.8, 4) is 5.88 Å². The monoisotopic (exact) mass is 396 g/mol. The normalized spacial score (nSPS) is 31.9. The quantitative estimate of drug-likeness (QED) is 0.819. The van der Waals surface area contributed by atoms with E-state index in [1.165, 1.54) is 5.56 Å². The molecule has 1 aromatic carbocycles. The van der Waals surface area contributed by atoms with Crippen LogP contribution in [0.15, 0.2) is 42.7 Å². The van der Waals surface area contributed by atoms with E-state index in [4.69, 9.17) is 9.47 Å². The van der Waals surface area contributed by atoms with Crippen LogP contribution in [0.2, 0.25) is 0 Å². The number of rotatable bonds is 5. The number of benzene rings is 1. The first-order chi connectivity index (χ1) is 14.2. The lowest BCUT2D eigenvalue weighted by atomic mass is 9.95. The van der Waals surface area contributed by atoms with Gasteiger partial charge in [-0.1, -0.05) is 30.3 Å². The summed E-state index contributed by atoms with van der Waals surface area (Å²) in [5.74, 6) is 1.98. The fraction of sp³-hybridized carbons (Fsp3) is 0.545. The zero-order chi connectivity index (χ0) is 19.8. The maximum Gasteiger partial charge on any atom is 0.257 e. The molecule has 7 heteroatoms. The highest BCUT2D eigenvalue weighted by atomic mass is 16.5. The Morgan fingerprint density at radius 2 is 1.93 bits per heavy atom. The van der Waals surface area contributed by atoms with Gasteiger partial charge in [0.05, 0.1) is 26.4 Å². The van der Waals surface area contributed by atoms with Gasteiger partial charge in [-0.15, -0.1) is 0 Å². The van der Waals surface area contributed by atoms with Crippen LogP contribution in [0.25, 0.3) is 0 Å². The van der Waals surface area contributed by atoms with E-state index in [2.05, 4.69) is 50.1 Å². The molecule has 7 nitrogen and oxygen atoms in total. The Morgan fingerprint density at radius 3 is 2.69 bits per heavy atom. The SMILES string of the molecule is COc1nccnc1N1C[C@H](O)[C@@]2(C1)[C@H](CN1CCOCC1)[C@H]2c1ccccc1. The predicted molar refractivity (Wildman–Crippen MR) is 109 cm³/mol. The Morgan fingerprint density at radius 1 is 1.17 bits per heavy atom. The minimum atomic E-state index is -0.412. The Bertz CT molecular complexity index is 845. The van der Waals surface area contributed by atoms with Crippen LogP contribution in [-0.4, -0.2) is 79.1 Å². The largest absolute Gasteiger partial charge is 0.478 e. The third-order valence-corrected chi connectivity index (χ3v) is 6.90. The Kier molecular flexibility index (Phi) is 4.89. The number of aliphatic hydroxyl groups is 1. The van der Waals surface area contributed by atoms with Gasteiger partial charge in [0.15, 0.2) is 5.82 Å². The topological polar surface area (TPSA) is 71.0 Å². The highest BCUT2D eigenvalue weighted by molar-refractivity contribution is 5.52. The highest BCUT2D eigenvalue weighted by Gasteiger charge is 2.71. The number of nitrogens with zero attached hydrogens (tertiary/aromatic N) is 4. The molecule has 0 radical (unpaired) electrons. The molecule has 154 valence electrons. The van der Waals surface area contributed by atoms with Gasteiger partial charge in [-0.25, -0.2) is 9.97 Å². The van der Waals surface area contributed by atoms with Crippen LogP contribution in [-0.2, 0) is 4.74 Å². The van der Waals surface area contributed by atoms with Gasteiger partial charge in [0.25, 0.3) is 5.88 Å². The minimum absolute atomic E-state index is 0.164. The fourth-order valence-corrected chi connectivity index (χ4v) is 5.47. The smallest absolute Gasteiger partial charge is 0.257 e. The van der Waals surface area contributed by atoms with E-state index in [1.54, 1.807) is 19.5 Å². The summed E-state index contributed by atoms with van der Waals surface area (Å²) in [7, 11) is 1.61. The first kappa shape index (κ1) is 18.8. The molecule has 1 saturated carbocycles. The Labute approximate surface area is 171 Å². The number of anilines is 1. The van der Waals surface area contributed by atoms with Crippen molar-refractivity contribution in [2.24, 2.45) is 11.3 Å². The second-order valence-electron chi connectivity index (χ2n) is 8.31. The van der Waals surface area contributed by atoms with Crippen molar-refractivity contribution in [3.05, 3.63) is 48.3 Å². The van der Waals surface area contributed by atoms with E-state index in [1.807, 2.05) is 0 Å². The van der Waals surface area contributed by atoms with Crippen molar-refractivity contribution in [1.29, 1.82) is 0 Å². The summed E-state index contributed by atoms with van der Waals surface area (Å²) in [6, 6.07) is 10.6. The average molecular weight is 396 g/mol. The lowest BCUT2D eigenvalue weighted by Crippen LogP contribution is -2.39. The molecule has 2 aliphatic heterocycles.